The molecule has 11 heteroatoms. The predicted molar refractivity (Wildman–Crippen MR) is 52.9 cm³/mol. The van der Waals surface area contributed by atoms with E-state index in [2.05, 4.69) is 9.47 Å². The minimum absolute atomic E-state index is 0.322. The van der Waals surface area contributed by atoms with Crippen molar-refractivity contribution in [3.8, 4) is 0 Å². The number of hydrogen-bond donors (Lipinski definition) is 2. The Morgan fingerprint density at radius 2 is 2.00 bits per heavy atom. The number of hydrogen-bond acceptors (Lipinski definition) is 5. The minimum atomic E-state index is -4.84. The van der Waals surface area contributed by atoms with Gasteiger partial charge in [0.15, 0.2) is 6.23 Å². The summed E-state index contributed by atoms with van der Waals surface area (Å²) in [5.74, 6) is -3.52. The van der Waals surface area contributed by atoms with Gasteiger partial charge in [0, 0.05) is 0 Å². The Morgan fingerprint density at radius 3 is 2.50 bits per heavy atom. The summed E-state index contributed by atoms with van der Waals surface area (Å²) < 4.78 is 58.8. The molecule has 0 spiro atoms. The number of carbonyl (C=O) groups is 3. The molecule has 2 N–H and O–H groups in total. The summed E-state index contributed by atoms with van der Waals surface area (Å²) in [5.41, 5.74) is -3.60. The SMILES string of the molecule is CCOC(=O)C1(F)C(=O)NC(=O)NC1OCC(F)(F)F. The molecule has 1 heterocycles. The van der Waals surface area contributed by atoms with Crippen molar-refractivity contribution in [2.75, 3.05) is 13.2 Å². The average Bonchev–Trinajstić information content (AvgIpc) is 2.31. The predicted octanol–water partition coefficient (Wildman–Crippen LogP) is 0.00220. The summed E-state index contributed by atoms with van der Waals surface area (Å²) in [5, 5.41) is 2.99. The van der Waals surface area contributed by atoms with Gasteiger partial charge in [-0.15, -0.1) is 0 Å². The van der Waals surface area contributed by atoms with Gasteiger partial charge in [-0.25, -0.2) is 14.0 Å². The van der Waals surface area contributed by atoms with Gasteiger partial charge < -0.3 is 14.8 Å². The van der Waals surface area contributed by atoms with E-state index in [-0.39, 0.29) is 6.61 Å². The molecule has 20 heavy (non-hydrogen) atoms. The minimum Gasteiger partial charge on any atom is -0.463 e. The van der Waals surface area contributed by atoms with E-state index in [9.17, 15) is 31.9 Å². The van der Waals surface area contributed by atoms with Gasteiger partial charge in [0.05, 0.1) is 6.61 Å². The number of urea groups is 1. The topological polar surface area (TPSA) is 93.7 Å². The fourth-order valence-electron chi connectivity index (χ4n) is 1.34. The summed E-state index contributed by atoms with van der Waals surface area (Å²) in [7, 11) is 0. The first-order valence-electron chi connectivity index (χ1n) is 5.27. The van der Waals surface area contributed by atoms with Gasteiger partial charge in [-0.2, -0.15) is 13.2 Å². The van der Waals surface area contributed by atoms with Crippen LogP contribution in [0.2, 0.25) is 0 Å². The number of nitrogens with one attached hydrogen (secondary N) is 2. The average molecular weight is 302 g/mol. The van der Waals surface area contributed by atoms with Gasteiger partial charge in [-0.1, -0.05) is 0 Å². The Labute approximate surface area is 109 Å². The maximum atomic E-state index is 14.4. The molecule has 0 aliphatic carbocycles. The summed E-state index contributed by atoms with van der Waals surface area (Å²) in [6, 6.07) is -1.29. The third kappa shape index (κ3) is 3.35. The summed E-state index contributed by atoms with van der Waals surface area (Å²) in [6.07, 6.45) is -7.28. The quantitative estimate of drug-likeness (QED) is 0.433. The van der Waals surface area contributed by atoms with Crippen LogP contribution in [0.3, 0.4) is 0 Å². The van der Waals surface area contributed by atoms with Crippen molar-refractivity contribution in [3.63, 3.8) is 0 Å². The molecule has 0 aromatic heterocycles. The first kappa shape index (κ1) is 16.1. The van der Waals surface area contributed by atoms with Crippen molar-refractivity contribution in [2.24, 2.45) is 0 Å². The lowest BCUT2D eigenvalue weighted by atomic mass is 10.0. The molecule has 0 bridgehead atoms. The molecule has 1 aliphatic rings. The molecule has 1 fully saturated rings. The molecule has 0 radical (unpaired) electrons. The van der Waals surface area contributed by atoms with E-state index in [0.717, 1.165) is 0 Å². The van der Waals surface area contributed by atoms with Crippen LogP contribution in [0.1, 0.15) is 6.92 Å². The van der Waals surface area contributed by atoms with E-state index in [1.807, 2.05) is 0 Å². The van der Waals surface area contributed by atoms with Crippen LogP contribution in [0.25, 0.3) is 0 Å². The van der Waals surface area contributed by atoms with Gasteiger partial charge >= 0.3 is 23.8 Å². The second-order valence-electron chi connectivity index (χ2n) is 3.67. The summed E-state index contributed by atoms with van der Waals surface area (Å²) >= 11 is 0. The van der Waals surface area contributed by atoms with E-state index >= 15 is 0 Å². The van der Waals surface area contributed by atoms with E-state index in [1.54, 1.807) is 5.32 Å². The molecule has 2 unspecified atom stereocenters. The molecule has 0 aromatic carbocycles. The fourth-order valence-corrected chi connectivity index (χ4v) is 1.34. The Bertz CT molecular complexity index is 427. The van der Waals surface area contributed by atoms with Crippen LogP contribution >= 0.6 is 0 Å². The largest absolute Gasteiger partial charge is 0.463 e. The van der Waals surface area contributed by atoms with Crippen LogP contribution in [0.5, 0.6) is 0 Å². The molecule has 3 amide bonds. The summed E-state index contributed by atoms with van der Waals surface area (Å²) in [4.78, 5) is 33.7. The first-order valence-corrected chi connectivity index (χ1v) is 5.27. The highest BCUT2D eigenvalue weighted by atomic mass is 19.4. The molecule has 7 nitrogen and oxygen atoms in total. The van der Waals surface area contributed by atoms with Gasteiger partial charge in [0.1, 0.15) is 6.61 Å². The number of halogens is 4. The molecule has 0 saturated carbocycles. The standard InChI is InChI=1S/C9H10F4N2O5/c1-2-19-6(17)9(13)4(16)14-7(18)15-5(9)20-3-8(10,11)12/h5H,2-3H2,1H3,(H2,14,15,16,18). The number of rotatable bonds is 4. The lowest BCUT2D eigenvalue weighted by molar-refractivity contribution is -0.212. The number of imide groups is 1. The lowest BCUT2D eigenvalue weighted by Crippen LogP contribution is -2.71. The zero-order chi connectivity index (χ0) is 15.6. The highest BCUT2D eigenvalue weighted by Gasteiger charge is 2.60. The normalized spacial score (nSPS) is 26.8. The monoisotopic (exact) mass is 302 g/mol. The zero-order valence-electron chi connectivity index (χ0n) is 10.0. The highest BCUT2D eigenvalue weighted by molar-refractivity contribution is 6.14. The zero-order valence-corrected chi connectivity index (χ0v) is 10.0. The van der Waals surface area contributed by atoms with Crippen molar-refractivity contribution in [3.05, 3.63) is 0 Å². The second kappa shape index (κ2) is 5.61. The van der Waals surface area contributed by atoms with Crippen LogP contribution in [0, 0.1) is 0 Å². The molecular formula is C9H10F4N2O5. The fraction of sp³-hybridized carbons (Fsp3) is 0.667. The van der Waals surface area contributed by atoms with Crippen LogP contribution < -0.4 is 10.6 Å². The Morgan fingerprint density at radius 1 is 1.40 bits per heavy atom. The van der Waals surface area contributed by atoms with E-state index < -0.39 is 42.6 Å². The molecule has 114 valence electrons. The number of carbonyl (C=O) groups excluding carboxylic acids is 3. The lowest BCUT2D eigenvalue weighted by Gasteiger charge is -2.34. The third-order valence-corrected chi connectivity index (χ3v) is 2.17. The number of ether oxygens (including phenoxy) is 2. The van der Waals surface area contributed by atoms with Gasteiger partial charge in [-0.3, -0.25) is 10.1 Å². The van der Waals surface area contributed by atoms with Crippen molar-refractivity contribution in [1.29, 1.82) is 0 Å². The van der Waals surface area contributed by atoms with E-state index in [0.29, 0.717) is 0 Å². The molecule has 0 aromatic rings. The highest BCUT2D eigenvalue weighted by Crippen LogP contribution is 2.25. The van der Waals surface area contributed by atoms with Gasteiger partial charge in [0.2, 0.25) is 0 Å². The Kier molecular flexibility index (Phi) is 4.53. The number of alkyl halides is 4. The maximum absolute atomic E-state index is 14.4. The molecule has 1 saturated heterocycles. The van der Waals surface area contributed by atoms with Crippen molar-refractivity contribution in [2.45, 2.75) is 25.0 Å². The van der Waals surface area contributed by atoms with Crippen LogP contribution in [-0.4, -0.2) is 49.2 Å². The van der Waals surface area contributed by atoms with Crippen molar-refractivity contribution >= 4 is 17.9 Å². The Balaban J connectivity index is 2.97. The van der Waals surface area contributed by atoms with Gasteiger partial charge in [-0.05, 0) is 6.92 Å². The smallest absolute Gasteiger partial charge is 0.411 e. The van der Waals surface area contributed by atoms with Crippen LogP contribution in [0.15, 0.2) is 0 Å². The van der Waals surface area contributed by atoms with Crippen LogP contribution in [-0.2, 0) is 19.1 Å². The maximum Gasteiger partial charge on any atom is 0.411 e. The van der Waals surface area contributed by atoms with Crippen molar-refractivity contribution < 1.29 is 41.4 Å². The number of amides is 3. The first-order chi connectivity index (χ1) is 9.11. The van der Waals surface area contributed by atoms with Crippen LogP contribution in [0.4, 0.5) is 22.4 Å². The van der Waals surface area contributed by atoms with Crippen molar-refractivity contribution in [1.82, 2.24) is 10.6 Å². The Hall–Kier alpha value is -1.91. The molecular weight excluding hydrogens is 292 g/mol. The van der Waals surface area contributed by atoms with E-state index in [1.165, 1.54) is 12.2 Å². The molecule has 1 aliphatic heterocycles. The molecule has 2 atom stereocenters. The summed E-state index contributed by atoms with van der Waals surface area (Å²) in [6.45, 7) is -0.986. The second-order valence-corrected chi connectivity index (χ2v) is 3.67. The van der Waals surface area contributed by atoms with E-state index in [4.69, 9.17) is 0 Å². The third-order valence-electron chi connectivity index (χ3n) is 2.17. The number of esters is 1. The molecule has 1 rings (SSSR count). The van der Waals surface area contributed by atoms with Gasteiger partial charge in [0.25, 0.3) is 5.91 Å².